The molecule has 0 spiro atoms. The third-order valence-electron chi connectivity index (χ3n) is 2.83. The molecule has 1 aromatic heterocycles. The molecule has 0 bridgehead atoms. The Morgan fingerprint density at radius 1 is 1.35 bits per heavy atom. The Kier molecular flexibility index (Phi) is 4.75. The third-order valence-corrected chi connectivity index (χ3v) is 2.83. The maximum atomic E-state index is 5.76. The molecule has 1 heterocycles. The molecule has 0 fully saturated rings. The molecule has 4 heteroatoms. The lowest BCUT2D eigenvalue weighted by molar-refractivity contribution is 0.344. The summed E-state index contributed by atoms with van der Waals surface area (Å²) >= 11 is 0. The Labute approximate surface area is 104 Å². The Morgan fingerprint density at radius 2 is 2.00 bits per heavy atom. The van der Waals surface area contributed by atoms with Crippen molar-refractivity contribution >= 4 is 11.5 Å². The summed E-state index contributed by atoms with van der Waals surface area (Å²) in [4.78, 5) is 6.63. The van der Waals surface area contributed by atoms with Gasteiger partial charge in [-0.25, -0.2) is 4.98 Å². The number of aryl methyl sites for hydroxylation is 1. The fraction of sp³-hybridized carbons (Fsp3) is 0.615. The molecule has 3 N–H and O–H groups in total. The molecular weight excluding hydrogens is 212 g/mol. The van der Waals surface area contributed by atoms with Gasteiger partial charge in [0.05, 0.1) is 11.4 Å². The maximum absolute atomic E-state index is 5.76. The quantitative estimate of drug-likeness (QED) is 0.820. The highest BCUT2D eigenvalue weighted by Gasteiger charge is 2.14. The van der Waals surface area contributed by atoms with Gasteiger partial charge in [-0.05, 0) is 39.1 Å². The number of rotatable bonds is 5. The predicted octanol–water partition coefficient (Wildman–Crippen LogP) is 1.97. The summed E-state index contributed by atoms with van der Waals surface area (Å²) < 4.78 is 0. The van der Waals surface area contributed by atoms with Gasteiger partial charge in [-0.15, -0.1) is 0 Å². The molecule has 4 nitrogen and oxygen atoms in total. The average Bonchev–Trinajstić information content (AvgIpc) is 2.21. The molecule has 0 aliphatic carbocycles. The van der Waals surface area contributed by atoms with E-state index in [0.29, 0.717) is 12.0 Å². The lowest BCUT2D eigenvalue weighted by Gasteiger charge is -2.26. The SMILES string of the molecule is Cc1nc(NC(CN(C)C)C(C)C)ccc1N. The van der Waals surface area contributed by atoms with E-state index >= 15 is 0 Å². The van der Waals surface area contributed by atoms with E-state index in [2.05, 4.69) is 43.1 Å². The number of pyridine rings is 1. The molecular formula is C13H24N4. The first-order valence-electron chi connectivity index (χ1n) is 6.04. The molecule has 0 radical (unpaired) electrons. The molecule has 0 saturated carbocycles. The van der Waals surface area contributed by atoms with Crippen molar-refractivity contribution in [3.63, 3.8) is 0 Å². The van der Waals surface area contributed by atoms with Crippen molar-refractivity contribution in [2.24, 2.45) is 5.92 Å². The van der Waals surface area contributed by atoms with Crippen molar-refractivity contribution in [2.45, 2.75) is 26.8 Å². The summed E-state index contributed by atoms with van der Waals surface area (Å²) in [6.45, 7) is 7.34. The van der Waals surface area contributed by atoms with Crippen LogP contribution >= 0.6 is 0 Å². The maximum Gasteiger partial charge on any atom is 0.126 e. The van der Waals surface area contributed by atoms with Gasteiger partial charge >= 0.3 is 0 Å². The number of likely N-dealkylation sites (N-methyl/N-ethyl adjacent to an activating group) is 1. The van der Waals surface area contributed by atoms with Gasteiger partial charge in [0.25, 0.3) is 0 Å². The van der Waals surface area contributed by atoms with E-state index in [4.69, 9.17) is 5.73 Å². The van der Waals surface area contributed by atoms with E-state index in [9.17, 15) is 0 Å². The van der Waals surface area contributed by atoms with Crippen molar-refractivity contribution in [1.29, 1.82) is 0 Å². The van der Waals surface area contributed by atoms with Crippen LogP contribution in [0.5, 0.6) is 0 Å². The highest BCUT2D eigenvalue weighted by atomic mass is 15.1. The number of hydrogen-bond acceptors (Lipinski definition) is 4. The lowest BCUT2D eigenvalue weighted by Crippen LogP contribution is -2.36. The Morgan fingerprint density at radius 3 is 2.47 bits per heavy atom. The number of nitrogens with one attached hydrogen (secondary N) is 1. The third kappa shape index (κ3) is 4.23. The summed E-state index contributed by atoms with van der Waals surface area (Å²) in [5.41, 5.74) is 7.38. The minimum atomic E-state index is 0.389. The van der Waals surface area contributed by atoms with Crippen molar-refractivity contribution in [1.82, 2.24) is 9.88 Å². The first-order chi connectivity index (χ1) is 7.90. The van der Waals surface area contributed by atoms with Gasteiger partial charge in [-0.2, -0.15) is 0 Å². The zero-order chi connectivity index (χ0) is 13.0. The molecule has 17 heavy (non-hydrogen) atoms. The normalized spacial score (nSPS) is 13.1. The van der Waals surface area contributed by atoms with Crippen LogP contribution in [0.15, 0.2) is 12.1 Å². The van der Waals surface area contributed by atoms with Gasteiger partial charge in [0.1, 0.15) is 5.82 Å². The van der Waals surface area contributed by atoms with Gasteiger partial charge < -0.3 is 16.0 Å². The average molecular weight is 236 g/mol. The number of hydrogen-bond donors (Lipinski definition) is 2. The van der Waals surface area contributed by atoms with Gasteiger partial charge in [-0.1, -0.05) is 13.8 Å². The molecule has 0 aliphatic rings. The van der Waals surface area contributed by atoms with Crippen LogP contribution in [0.2, 0.25) is 0 Å². The molecule has 1 aromatic rings. The highest BCUT2D eigenvalue weighted by Crippen LogP contribution is 2.15. The molecule has 0 aliphatic heterocycles. The van der Waals surface area contributed by atoms with Crippen LogP contribution in [0.1, 0.15) is 19.5 Å². The van der Waals surface area contributed by atoms with Crippen molar-refractivity contribution in [2.75, 3.05) is 31.7 Å². The van der Waals surface area contributed by atoms with E-state index in [1.54, 1.807) is 0 Å². The van der Waals surface area contributed by atoms with Gasteiger partial charge in [0.15, 0.2) is 0 Å². The second-order valence-corrected chi connectivity index (χ2v) is 5.13. The van der Waals surface area contributed by atoms with Crippen molar-refractivity contribution in [3.8, 4) is 0 Å². The topological polar surface area (TPSA) is 54.2 Å². The standard InChI is InChI=1S/C13H24N4/c1-9(2)12(8-17(4)5)16-13-7-6-11(14)10(3)15-13/h6-7,9,12H,8,14H2,1-5H3,(H,15,16). The van der Waals surface area contributed by atoms with Crippen LogP contribution in [0.4, 0.5) is 11.5 Å². The summed E-state index contributed by atoms with van der Waals surface area (Å²) in [6, 6.07) is 4.23. The smallest absolute Gasteiger partial charge is 0.126 e. The molecule has 96 valence electrons. The van der Waals surface area contributed by atoms with E-state index in [0.717, 1.165) is 23.7 Å². The zero-order valence-electron chi connectivity index (χ0n) is 11.5. The summed E-state index contributed by atoms with van der Waals surface area (Å²) in [5.74, 6) is 1.45. The first-order valence-corrected chi connectivity index (χ1v) is 6.04. The Bertz CT molecular complexity index is 360. The molecule has 0 amide bonds. The molecule has 1 rings (SSSR count). The van der Waals surface area contributed by atoms with Crippen molar-refractivity contribution in [3.05, 3.63) is 17.8 Å². The number of nitrogens with two attached hydrogens (primary N) is 1. The monoisotopic (exact) mass is 236 g/mol. The lowest BCUT2D eigenvalue weighted by atomic mass is 10.0. The number of aromatic nitrogens is 1. The summed E-state index contributed by atoms with van der Waals surface area (Å²) in [6.07, 6.45) is 0. The fourth-order valence-corrected chi connectivity index (χ4v) is 1.66. The molecule has 0 aromatic carbocycles. The Balaban J connectivity index is 2.75. The molecule has 1 atom stereocenters. The van der Waals surface area contributed by atoms with Gasteiger partial charge in [0.2, 0.25) is 0 Å². The predicted molar refractivity (Wildman–Crippen MR) is 74.2 cm³/mol. The molecule has 1 unspecified atom stereocenters. The van der Waals surface area contributed by atoms with Crippen LogP contribution < -0.4 is 11.1 Å². The number of nitrogens with zero attached hydrogens (tertiary/aromatic N) is 2. The highest BCUT2D eigenvalue weighted by molar-refractivity contribution is 5.49. The second-order valence-electron chi connectivity index (χ2n) is 5.13. The number of nitrogen functional groups attached to an aromatic ring is 1. The minimum Gasteiger partial charge on any atom is -0.397 e. The fourth-order valence-electron chi connectivity index (χ4n) is 1.66. The van der Waals surface area contributed by atoms with Crippen LogP contribution in [-0.2, 0) is 0 Å². The largest absolute Gasteiger partial charge is 0.397 e. The van der Waals surface area contributed by atoms with Crippen LogP contribution in [0.25, 0.3) is 0 Å². The first kappa shape index (κ1) is 13.8. The van der Waals surface area contributed by atoms with Crippen molar-refractivity contribution < 1.29 is 0 Å². The zero-order valence-corrected chi connectivity index (χ0v) is 11.5. The minimum absolute atomic E-state index is 0.389. The summed E-state index contributed by atoms with van der Waals surface area (Å²) in [7, 11) is 4.16. The molecule has 0 saturated heterocycles. The van der Waals surface area contributed by atoms with Gasteiger partial charge in [-0.3, -0.25) is 0 Å². The van der Waals surface area contributed by atoms with Gasteiger partial charge in [0, 0.05) is 12.6 Å². The van der Waals surface area contributed by atoms with E-state index < -0.39 is 0 Å². The van der Waals surface area contributed by atoms with Crippen LogP contribution in [0, 0.1) is 12.8 Å². The van der Waals surface area contributed by atoms with E-state index in [1.165, 1.54) is 0 Å². The summed E-state index contributed by atoms with van der Waals surface area (Å²) in [5, 5.41) is 3.47. The Hall–Kier alpha value is -1.29. The second kappa shape index (κ2) is 5.87. The van der Waals surface area contributed by atoms with Crippen LogP contribution in [0.3, 0.4) is 0 Å². The number of anilines is 2. The van der Waals surface area contributed by atoms with Crippen LogP contribution in [-0.4, -0.2) is 36.6 Å². The van der Waals surface area contributed by atoms with E-state index in [1.807, 2.05) is 19.1 Å². The van der Waals surface area contributed by atoms with E-state index in [-0.39, 0.29) is 0 Å².